The van der Waals surface area contributed by atoms with Crippen LogP contribution in [0, 0.1) is 11.3 Å². The van der Waals surface area contributed by atoms with Crippen molar-refractivity contribution in [2.75, 3.05) is 6.61 Å². The minimum absolute atomic E-state index is 0.0364. The van der Waals surface area contributed by atoms with Crippen LogP contribution in [0.5, 0.6) is 0 Å². The number of aliphatic carboxylic acids is 1. The van der Waals surface area contributed by atoms with Gasteiger partial charge in [-0.1, -0.05) is 20.8 Å². The van der Waals surface area contributed by atoms with Gasteiger partial charge in [0.1, 0.15) is 6.04 Å². The van der Waals surface area contributed by atoms with Gasteiger partial charge >= 0.3 is 5.97 Å². The van der Waals surface area contributed by atoms with Crippen LogP contribution in [-0.4, -0.2) is 34.9 Å². The molecular formula is C12H23NO3. The van der Waals surface area contributed by atoms with E-state index in [0.717, 1.165) is 12.8 Å². The van der Waals surface area contributed by atoms with Gasteiger partial charge in [0, 0.05) is 12.6 Å². The molecule has 0 aromatic heterocycles. The Hall–Kier alpha value is -0.610. The van der Waals surface area contributed by atoms with Crippen LogP contribution in [0.1, 0.15) is 40.0 Å². The molecule has 4 nitrogen and oxygen atoms in total. The molecule has 0 saturated heterocycles. The fourth-order valence-electron chi connectivity index (χ4n) is 1.95. The van der Waals surface area contributed by atoms with Crippen molar-refractivity contribution < 1.29 is 15.0 Å². The van der Waals surface area contributed by atoms with Crippen LogP contribution < -0.4 is 5.32 Å². The Labute approximate surface area is 97.0 Å². The molecule has 3 N–H and O–H groups in total. The molecule has 1 rings (SSSR count). The summed E-state index contributed by atoms with van der Waals surface area (Å²) in [5, 5.41) is 21.4. The molecule has 0 amide bonds. The zero-order valence-electron chi connectivity index (χ0n) is 10.4. The number of aliphatic hydroxyl groups excluding tert-OH is 1. The summed E-state index contributed by atoms with van der Waals surface area (Å²) in [5.41, 5.74) is -0.0364. The van der Waals surface area contributed by atoms with Gasteiger partial charge in [-0.15, -0.1) is 0 Å². The van der Waals surface area contributed by atoms with E-state index in [0.29, 0.717) is 6.42 Å². The average molecular weight is 229 g/mol. The first kappa shape index (κ1) is 13.5. The molecule has 0 bridgehead atoms. The van der Waals surface area contributed by atoms with Gasteiger partial charge in [0.2, 0.25) is 0 Å². The van der Waals surface area contributed by atoms with E-state index < -0.39 is 12.0 Å². The Kier molecular flexibility index (Phi) is 4.33. The fourth-order valence-corrected chi connectivity index (χ4v) is 1.95. The molecular weight excluding hydrogens is 206 g/mol. The monoisotopic (exact) mass is 229 g/mol. The number of rotatable bonds is 6. The molecule has 0 aromatic rings. The highest BCUT2D eigenvalue weighted by Crippen LogP contribution is 2.34. The second-order valence-electron chi connectivity index (χ2n) is 5.75. The molecule has 2 atom stereocenters. The second kappa shape index (κ2) is 5.15. The largest absolute Gasteiger partial charge is 0.480 e. The molecule has 0 spiro atoms. The summed E-state index contributed by atoms with van der Waals surface area (Å²) in [6.07, 6.45) is 2.60. The zero-order chi connectivity index (χ0) is 12.3. The molecule has 2 unspecified atom stereocenters. The second-order valence-corrected chi connectivity index (χ2v) is 5.75. The van der Waals surface area contributed by atoms with Crippen LogP contribution in [0.25, 0.3) is 0 Å². The van der Waals surface area contributed by atoms with Gasteiger partial charge in [-0.25, -0.2) is 0 Å². The lowest BCUT2D eigenvalue weighted by Gasteiger charge is -2.33. The van der Waals surface area contributed by atoms with Crippen LogP contribution >= 0.6 is 0 Å². The first-order chi connectivity index (χ1) is 7.36. The van der Waals surface area contributed by atoms with Crippen molar-refractivity contribution in [3.63, 3.8) is 0 Å². The lowest BCUT2D eigenvalue weighted by atomic mass is 9.84. The summed E-state index contributed by atoms with van der Waals surface area (Å²) in [6.45, 7) is 6.27. The predicted molar refractivity (Wildman–Crippen MR) is 62.2 cm³/mol. The standard InChI is InChI=1S/C12H23NO3/c1-12(2,3)9(6-7-14)13-10(11(15)16)8-4-5-8/h8-10,13-14H,4-7H2,1-3H3,(H,15,16). The van der Waals surface area contributed by atoms with E-state index in [4.69, 9.17) is 10.2 Å². The fraction of sp³-hybridized carbons (Fsp3) is 0.917. The molecule has 0 aromatic carbocycles. The van der Waals surface area contributed by atoms with Crippen LogP contribution in [0.15, 0.2) is 0 Å². The number of nitrogens with one attached hydrogen (secondary N) is 1. The van der Waals surface area contributed by atoms with E-state index in [9.17, 15) is 4.79 Å². The van der Waals surface area contributed by atoms with Gasteiger partial charge in [0.05, 0.1) is 0 Å². The van der Waals surface area contributed by atoms with E-state index >= 15 is 0 Å². The van der Waals surface area contributed by atoms with Crippen LogP contribution in [0.2, 0.25) is 0 Å². The van der Waals surface area contributed by atoms with Crippen molar-refractivity contribution >= 4 is 5.97 Å². The maximum atomic E-state index is 11.1. The van der Waals surface area contributed by atoms with Crippen molar-refractivity contribution in [1.29, 1.82) is 0 Å². The highest BCUT2D eigenvalue weighted by Gasteiger charge is 2.39. The van der Waals surface area contributed by atoms with E-state index in [1.54, 1.807) is 0 Å². The number of carbonyl (C=O) groups is 1. The van der Waals surface area contributed by atoms with Crippen molar-refractivity contribution in [2.24, 2.45) is 11.3 Å². The molecule has 0 aliphatic heterocycles. The van der Waals surface area contributed by atoms with Gasteiger partial charge in [0.25, 0.3) is 0 Å². The van der Waals surface area contributed by atoms with E-state index in [1.807, 2.05) is 0 Å². The lowest BCUT2D eigenvalue weighted by Crippen LogP contribution is -2.50. The van der Waals surface area contributed by atoms with Crippen molar-refractivity contribution in [3.8, 4) is 0 Å². The summed E-state index contributed by atoms with van der Waals surface area (Å²) in [6, 6.07) is -0.407. The first-order valence-electron chi connectivity index (χ1n) is 5.96. The Balaban J connectivity index is 2.61. The summed E-state index contributed by atoms with van der Waals surface area (Å²) in [7, 11) is 0. The highest BCUT2D eigenvalue weighted by molar-refractivity contribution is 5.74. The van der Waals surface area contributed by atoms with Gasteiger partial charge in [-0.2, -0.15) is 0 Å². The topological polar surface area (TPSA) is 69.6 Å². The van der Waals surface area contributed by atoms with Gasteiger partial charge in [-0.3, -0.25) is 4.79 Å². The maximum absolute atomic E-state index is 11.1. The molecule has 1 aliphatic carbocycles. The van der Waals surface area contributed by atoms with Crippen molar-refractivity contribution in [1.82, 2.24) is 5.32 Å². The summed E-state index contributed by atoms with van der Waals surface area (Å²) in [4.78, 5) is 11.1. The molecule has 0 heterocycles. The van der Waals surface area contributed by atoms with Gasteiger partial charge in [-0.05, 0) is 30.6 Å². The quantitative estimate of drug-likeness (QED) is 0.641. The van der Waals surface area contributed by atoms with Crippen LogP contribution in [0.4, 0.5) is 0 Å². The number of carboxylic acids is 1. The predicted octanol–water partition coefficient (Wildman–Crippen LogP) is 1.24. The Morgan fingerprint density at radius 1 is 1.44 bits per heavy atom. The smallest absolute Gasteiger partial charge is 0.320 e. The van der Waals surface area contributed by atoms with Crippen molar-refractivity contribution in [3.05, 3.63) is 0 Å². The Morgan fingerprint density at radius 3 is 2.31 bits per heavy atom. The van der Waals surface area contributed by atoms with Gasteiger partial charge < -0.3 is 15.5 Å². The van der Waals surface area contributed by atoms with Crippen LogP contribution in [0.3, 0.4) is 0 Å². The van der Waals surface area contributed by atoms with E-state index in [-0.39, 0.29) is 24.0 Å². The molecule has 94 valence electrons. The summed E-state index contributed by atoms with van der Waals surface area (Å²) in [5.74, 6) is -0.490. The Morgan fingerprint density at radius 2 is 2.00 bits per heavy atom. The summed E-state index contributed by atoms with van der Waals surface area (Å²) < 4.78 is 0. The maximum Gasteiger partial charge on any atom is 0.320 e. The number of hydrogen-bond acceptors (Lipinski definition) is 3. The minimum Gasteiger partial charge on any atom is -0.480 e. The Bertz CT molecular complexity index is 243. The van der Waals surface area contributed by atoms with E-state index in [2.05, 4.69) is 26.1 Å². The number of hydrogen-bond donors (Lipinski definition) is 3. The zero-order valence-corrected chi connectivity index (χ0v) is 10.4. The molecule has 1 saturated carbocycles. The third-order valence-electron chi connectivity index (χ3n) is 3.20. The van der Waals surface area contributed by atoms with Gasteiger partial charge in [0.15, 0.2) is 0 Å². The summed E-state index contributed by atoms with van der Waals surface area (Å²) >= 11 is 0. The highest BCUT2D eigenvalue weighted by atomic mass is 16.4. The lowest BCUT2D eigenvalue weighted by molar-refractivity contribution is -0.140. The van der Waals surface area contributed by atoms with Crippen LogP contribution in [-0.2, 0) is 4.79 Å². The number of carboxylic acid groups (broad SMARTS) is 1. The minimum atomic E-state index is -0.769. The number of aliphatic hydroxyl groups is 1. The normalized spacial score (nSPS) is 20.5. The SMILES string of the molecule is CC(C)(C)C(CCO)NC(C(=O)O)C1CC1. The molecule has 1 fully saturated rings. The molecule has 0 radical (unpaired) electrons. The van der Waals surface area contributed by atoms with E-state index in [1.165, 1.54) is 0 Å². The first-order valence-corrected chi connectivity index (χ1v) is 5.96. The third kappa shape index (κ3) is 3.76. The average Bonchev–Trinajstić information content (AvgIpc) is 2.92. The molecule has 4 heteroatoms. The van der Waals surface area contributed by atoms with Crippen molar-refractivity contribution in [2.45, 2.75) is 52.1 Å². The molecule has 16 heavy (non-hydrogen) atoms. The molecule has 1 aliphatic rings. The third-order valence-corrected chi connectivity index (χ3v) is 3.20.